The standard InChI is InChI=1S/C11H25IO3Si/c1-13-16(14-2,15-3)11-9-7-5-4-6-8-10-12/h4-11H2,1-3H3. The predicted molar refractivity (Wildman–Crippen MR) is 78.2 cm³/mol. The number of hydrogen-bond acceptors (Lipinski definition) is 3. The van der Waals surface area contributed by atoms with E-state index in [2.05, 4.69) is 22.6 Å². The van der Waals surface area contributed by atoms with Crippen molar-refractivity contribution in [2.24, 2.45) is 0 Å². The van der Waals surface area contributed by atoms with Crippen LogP contribution in [0, 0.1) is 0 Å². The van der Waals surface area contributed by atoms with Gasteiger partial charge in [-0.15, -0.1) is 0 Å². The van der Waals surface area contributed by atoms with Crippen molar-refractivity contribution >= 4 is 31.4 Å². The first-order chi connectivity index (χ1) is 7.74. The molecule has 0 N–H and O–H groups in total. The third-order valence-corrected chi connectivity index (χ3v) is 6.39. The maximum atomic E-state index is 5.37. The van der Waals surface area contributed by atoms with Gasteiger partial charge in [0.2, 0.25) is 0 Å². The molecule has 0 rings (SSSR count). The number of hydrogen-bond donors (Lipinski definition) is 0. The summed E-state index contributed by atoms with van der Waals surface area (Å²) in [7, 11) is 2.75. The molecular formula is C11H25IO3Si. The summed E-state index contributed by atoms with van der Waals surface area (Å²) in [6, 6.07) is 0.933. The van der Waals surface area contributed by atoms with Crippen LogP contribution in [0.2, 0.25) is 6.04 Å². The van der Waals surface area contributed by atoms with E-state index in [1.54, 1.807) is 21.3 Å². The molecule has 0 aliphatic carbocycles. The Morgan fingerprint density at radius 1 is 0.750 bits per heavy atom. The lowest BCUT2D eigenvalue weighted by Gasteiger charge is -2.24. The van der Waals surface area contributed by atoms with Gasteiger partial charge in [0.25, 0.3) is 0 Å². The molecular weight excluding hydrogens is 335 g/mol. The van der Waals surface area contributed by atoms with E-state index in [0.717, 1.165) is 12.5 Å². The molecule has 0 saturated heterocycles. The van der Waals surface area contributed by atoms with Crippen molar-refractivity contribution in [2.75, 3.05) is 25.8 Å². The fourth-order valence-corrected chi connectivity index (χ4v) is 4.03. The van der Waals surface area contributed by atoms with Gasteiger partial charge in [0.1, 0.15) is 0 Å². The van der Waals surface area contributed by atoms with Gasteiger partial charge in [0.05, 0.1) is 0 Å². The van der Waals surface area contributed by atoms with Gasteiger partial charge < -0.3 is 13.3 Å². The van der Waals surface area contributed by atoms with Crippen LogP contribution in [0.5, 0.6) is 0 Å². The first-order valence-corrected chi connectivity index (χ1v) is 9.42. The molecule has 0 saturated carbocycles. The molecule has 3 nitrogen and oxygen atoms in total. The SMILES string of the molecule is CO[Si](CCCCCCCCI)(OC)OC. The van der Waals surface area contributed by atoms with Crippen LogP contribution in [0.25, 0.3) is 0 Å². The van der Waals surface area contributed by atoms with Gasteiger partial charge >= 0.3 is 8.80 Å². The highest BCUT2D eigenvalue weighted by atomic mass is 127. The second kappa shape index (κ2) is 10.9. The van der Waals surface area contributed by atoms with E-state index >= 15 is 0 Å². The van der Waals surface area contributed by atoms with E-state index < -0.39 is 8.80 Å². The van der Waals surface area contributed by atoms with Crippen LogP contribution in [0.3, 0.4) is 0 Å². The maximum absolute atomic E-state index is 5.37. The Bertz CT molecular complexity index is 146. The van der Waals surface area contributed by atoms with Gasteiger partial charge in [0.15, 0.2) is 0 Å². The summed E-state index contributed by atoms with van der Waals surface area (Å²) in [4.78, 5) is 0. The lowest BCUT2D eigenvalue weighted by atomic mass is 10.1. The first kappa shape index (κ1) is 16.8. The fraction of sp³-hybridized carbons (Fsp3) is 1.00. The smallest absolute Gasteiger partial charge is 0.377 e. The van der Waals surface area contributed by atoms with Crippen molar-refractivity contribution in [3.8, 4) is 0 Å². The summed E-state index contributed by atoms with van der Waals surface area (Å²) in [6.07, 6.45) is 7.79. The van der Waals surface area contributed by atoms with Crippen molar-refractivity contribution in [3.05, 3.63) is 0 Å². The summed E-state index contributed by atoms with van der Waals surface area (Å²) >= 11 is 2.44. The molecule has 0 atom stereocenters. The molecule has 16 heavy (non-hydrogen) atoms. The monoisotopic (exact) mass is 360 g/mol. The van der Waals surface area contributed by atoms with Crippen LogP contribution in [0.4, 0.5) is 0 Å². The molecule has 0 heterocycles. The second-order valence-electron chi connectivity index (χ2n) is 3.86. The molecule has 0 spiro atoms. The zero-order valence-corrected chi connectivity index (χ0v) is 13.9. The van der Waals surface area contributed by atoms with Gasteiger partial charge in [-0.2, -0.15) is 0 Å². The van der Waals surface area contributed by atoms with E-state index in [9.17, 15) is 0 Å². The maximum Gasteiger partial charge on any atom is 0.500 e. The zero-order chi connectivity index (χ0) is 12.3. The van der Waals surface area contributed by atoms with Crippen molar-refractivity contribution in [3.63, 3.8) is 0 Å². The highest BCUT2D eigenvalue weighted by Gasteiger charge is 2.36. The molecule has 0 bridgehead atoms. The van der Waals surface area contributed by atoms with E-state index in [1.165, 1.54) is 36.5 Å². The fourth-order valence-electron chi connectivity index (χ4n) is 1.70. The van der Waals surface area contributed by atoms with Crippen molar-refractivity contribution in [1.29, 1.82) is 0 Å². The molecule has 0 fully saturated rings. The van der Waals surface area contributed by atoms with Gasteiger partial charge in [0, 0.05) is 27.4 Å². The molecule has 0 aliphatic rings. The minimum absolute atomic E-state index is 0.933. The molecule has 0 radical (unpaired) electrons. The molecule has 98 valence electrons. The van der Waals surface area contributed by atoms with Crippen LogP contribution >= 0.6 is 22.6 Å². The summed E-state index contributed by atoms with van der Waals surface area (Å²) in [6.45, 7) is 0. The minimum Gasteiger partial charge on any atom is -0.377 e. The quantitative estimate of drug-likeness (QED) is 0.244. The summed E-state index contributed by atoms with van der Waals surface area (Å²) in [5.41, 5.74) is 0. The molecule has 0 aliphatic heterocycles. The average molecular weight is 360 g/mol. The molecule has 0 amide bonds. The Morgan fingerprint density at radius 2 is 1.19 bits per heavy atom. The van der Waals surface area contributed by atoms with Gasteiger partial charge in [-0.25, -0.2) is 0 Å². The van der Waals surface area contributed by atoms with Crippen LogP contribution < -0.4 is 0 Å². The van der Waals surface area contributed by atoms with Gasteiger partial charge in [-0.05, 0) is 17.3 Å². The Hall–Kier alpha value is 0.827. The van der Waals surface area contributed by atoms with Gasteiger partial charge in [-0.3, -0.25) is 0 Å². The number of halogens is 1. The highest BCUT2D eigenvalue weighted by Crippen LogP contribution is 2.18. The summed E-state index contributed by atoms with van der Waals surface area (Å²) in [5.74, 6) is 0. The Morgan fingerprint density at radius 3 is 1.62 bits per heavy atom. The predicted octanol–water partition coefficient (Wildman–Crippen LogP) is 3.64. The van der Waals surface area contributed by atoms with Crippen LogP contribution in [0.15, 0.2) is 0 Å². The minimum atomic E-state index is -2.29. The van der Waals surface area contributed by atoms with Gasteiger partial charge in [-0.1, -0.05) is 48.3 Å². The third-order valence-electron chi connectivity index (χ3n) is 2.80. The Labute approximate surface area is 115 Å². The van der Waals surface area contributed by atoms with E-state index in [4.69, 9.17) is 13.3 Å². The molecule has 5 heteroatoms. The van der Waals surface area contributed by atoms with Crippen LogP contribution in [0.1, 0.15) is 38.5 Å². The van der Waals surface area contributed by atoms with E-state index in [-0.39, 0.29) is 0 Å². The normalized spacial score (nSPS) is 12.0. The molecule has 0 aromatic carbocycles. The van der Waals surface area contributed by atoms with Crippen LogP contribution in [-0.4, -0.2) is 34.6 Å². The second-order valence-corrected chi connectivity index (χ2v) is 8.03. The lowest BCUT2D eigenvalue weighted by molar-refractivity contribution is 0.122. The largest absolute Gasteiger partial charge is 0.500 e. The molecule has 0 unspecified atom stereocenters. The third kappa shape index (κ3) is 7.21. The molecule has 0 aromatic heterocycles. The van der Waals surface area contributed by atoms with E-state index in [0.29, 0.717) is 0 Å². The summed E-state index contributed by atoms with van der Waals surface area (Å²) < 4.78 is 17.4. The topological polar surface area (TPSA) is 27.7 Å². The Kier molecular flexibility index (Phi) is 11.5. The van der Waals surface area contributed by atoms with E-state index in [1.807, 2.05) is 0 Å². The molecule has 0 aromatic rings. The average Bonchev–Trinajstić information content (AvgIpc) is 2.34. The van der Waals surface area contributed by atoms with Crippen molar-refractivity contribution in [1.82, 2.24) is 0 Å². The number of unbranched alkanes of at least 4 members (excludes halogenated alkanes) is 5. The highest BCUT2D eigenvalue weighted by molar-refractivity contribution is 14.1. The zero-order valence-electron chi connectivity index (χ0n) is 10.8. The van der Waals surface area contributed by atoms with Crippen molar-refractivity contribution in [2.45, 2.75) is 44.6 Å². The number of rotatable bonds is 11. The number of alkyl halides is 1. The Balaban J connectivity index is 3.48. The lowest BCUT2D eigenvalue weighted by Crippen LogP contribution is -2.42. The summed E-state index contributed by atoms with van der Waals surface area (Å²) in [5, 5.41) is 0. The van der Waals surface area contributed by atoms with Crippen molar-refractivity contribution < 1.29 is 13.3 Å². The van der Waals surface area contributed by atoms with Crippen LogP contribution in [-0.2, 0) is 13.3 Å². The first-order valence-electron chi connectivity index (χ1n) is 5.96.